The van der Waals surface area contributed by atoms with Gasteiger partial charge in [-0.15, -0.1) is 0 Å². The highest BCUT2D eigenvalue weighted by Gasteiger charge is 2.14. The highest BCUT2D eigenvalue weighted by atomic mass is 16.3. The van der Waals surface area contributed by atoms with Gasteiger partial charge in [0, 0.05) is 13.1 Å². The minimum absolute atomic E-state index is 0.285. The van der Waals surface area contributed by atoms with Crippen LogP contribution >= 0.6 is 0 Å². The van der Waals surface area contributed by atoms with Crippen molar-refractivity contribution in [2.45, 2.75) is 44.8 Å². The van der Waals surface area contributed by atoms with Gasteiger partial charge in [-0.3, -0.25) is 4.90 Å². The van der Waals surface area contributed by atoms with Gasteiger partial charge in [-0.1, -0.05) is 18.6 Å². The van der Waals surface area contributed by atoms with Crippen molar-refractivity contribution >= 4 is 0 Å². The van der Waals surface area contributed by atoms with Crippen molar-refractivity contribution in [3.63, 3.8) is 0 Å². The molecule has 2 unspecified atom stereocenters. The lowest BCUT2D eigenvalue weighted by Crippen LogP contribution is -2.40. The molecule has 0 radical (unpaired) electrons. The lowest BCUT2D eigenvalue weighted by molar-refractivity contribution is 0.0228. The van der Waals surface area contributed by atoms with Crippen LogP contribution in [0.1, 0.15) is 32.6 Å². The van der Waals surface area contributed by atoms with E-state index in [0.29, 0.717) is 13.1 Å². The molecule has 0 aromatic heterocycles. The Morgan fingerprint density at radius 3 is 2.00 bits per heavy atom. The first-order valence-corrected chi connectivity index (χ1v) is 7.05. The van der Waals surface area contributed by atoms with E-state index in [9.17, 15) is 10.2 Å². The van der Waals surface area contributed by atoms with E-state index < -0.39 is 12.2 Å². The second-order valence-electron chi connectivity index (χ2n) is 4.85. The summed E-state index contributed by atoms with van der Waals surface area (Å²) in [7, 11) is 0. The zero-order valence-electron chi connectivity index (χ0n) is 11.9. The highest BCUT2D eigenvalue weighted by molar-refractivity contribution is 4.76. The average Bonchev–Trinajstić information content (AvgIpc) is 2.41. The van der Waals surface area contributed by atoms with Gasteiger partial charge in [0.2, 0.25) is 0 Å². The van der Waals surface area contributed by atoms with Crippen LogP contribution in [0.2, 0.25) is 0 Å². The number of hydrogen-bond acceptors (Lipinski definition) is 5. The lowest BCUT2D eigenvalue weighted by atomic mass is 10.1. The van der Waals surface area contributed by atoms with E-state index in [2.05, 4.69) is 6.08 Å². The first kappa shape index (κ1) is 18.5. The smallest absolute Gasteiger partial charge is 0.0897 e. The highest BCUT2D eigenvalue weighted by Crippen LogP contribution is 2.04. The molecule has 0 saturated carbocycles. The fraction of sp³-hybridized carbons (Fsp3) is 0.857. The zero-order valence-corrected chi connectivity index (χ0v) is 11.9. The molecule has 5 nitrogen and oxygen atoms in total. The summed E-state index contributed by atoms with van der Waals surface area (Å²) in [5.74, 6) is 0. The van der Waals surface area contributed by atoms with Gasteiger partial charge in [0.25, 0.3) is 0 Å². The molecule has 0 bridgehead atoms. The van der Waals surface area contributed by atoms with E-state index in [1.807, 2.05) is 17.9 Å². The van der Waals surface area contributed by atoms with Gasteiger partial charge < -0.3 is 20.4 Å². The fourth-order valence-corrected chi connectivity index (χ4v) is 1.91. The number of allylic oxidation sites excluding steroid dienone is 2. The van der Waals surface area contributed by atoms with Gasteiger partial charge in [-0.05, 0) is 32.7 Å². The van der Waals surface area contributed by atoms with Crippen LogP contribution in [0, 0.1) is 0 Å². The van der Waals surface area contributed by atoms with Crippen molar-refractivity contribution in [1.82, 2.24) is 4.90 Å². The molecule has 114 valence electrons. The maximum Gasteiger partial charge on any atom is 0.0897 e. The molecule has 0 rings (SSSR count). The summed E-state index contributed by atoms with van der Waals surface area (Å²) in [6.07, 6.45) is 6.87. The summed E-state index contributed by atoms with van der Waals surface area (Å²) in [4.78, 5) is 1.89. The largest absolute Gasteiger partial charge is 0.394 e. The molecule has 0 heterocycles. The molecule has 2 atom stereocenters. The molecular weight excluding hydrogens is 246 g/mol. The van der Waals surface area contributed by atoms with E-state index >= 15 is 0 Å². The first-order chi connectivity index (χ1) is 9.13. The summed E-state index contributed by atoms with van der Waals surface area (Å²) < 4.78 is 0. The standard InChI is InChI=1S/C14H29NO4/c1-2-3-4-5-6-7-8-15(9-13(18)11-16)10-14(19)12-17/h2-3,13-14,16-19H,4-12H2,1H3/b3-2+. The Balaban J connectivity index is 3.90. The van der Waals surface area contributed by atoms with Crippen LogP contribution in [0.25, 0.3) is 0 Å². The molecule has 0 aliphatic rings. The third kappa shape index (κ3) is 11.1. The zero-order chi connectivity index (χ0) is 14.5. The fourth-order valence-electron chi connectivity index (χ4n) is 1.91. The Labute approximate surface area is 116 Å². The first-order valence-electron chi connectivity index (χ1n) is 7.05. The maximum absolute atomic E-state index is 9.44. The van der Waals surface area contributed by atoms with E-state index in [1.165, 1.54) is 0 Å². The Bertz CT molecular complexity index is 211. The topological polar surface area (TPSA) is 84.2 Å². The van der Waals surface area contributed by atoms with Crippen LogP contribution in [0.3, 0.4) is 0 Å². The second kappa shape index (κ2) is 12.6. The van der Waals surface area contributed by atoms with Gasteiger partial charge in [-0.25, -0.2) is 0 Å². The maximum atomic E-state index is 9.44. The predicted octanol–water partition coefficient (Wildman–Crippen LogP) is 0.131. The van der Waals surface area contributed by atoms with E-state index in [-0.39, 0.29) is 13.2 Å². The molecule has 0 saturated heterocycles. The molecule has 0 aromatic carbocycles. The Morgan fingerprint density at radius 2 is 1.53 bits per heavy atom. The number of nitrogens with zero attached hydrogens (tertiary/aromatic N) is 1. The van der Waals surface area contributed by atoms with E-state index in [4.69, 9.17) is 10.2 Å². The lowest BCUT2D eigenvalue weighted by Gasteiger charge is -2.26. The van der Waals surface area contributed by atoms with Gasteiger partial charge >= 0.3 is 0 Å². The minimum Gasteiger partial charge on any atom is -0.394 e. The van der Waals surface area contributed by atoms with Gasteiger partial charge in [0.15, 0.2) is 0 Å². The normalized spacial score (nSPS) is 15.3. The number of aliphatic hydroxyl groups is 4. The van der Waals surface area contributed by atoms with Crippen molar-refractivity contribution in [2.24, 2.45) is 0 Å². The van der Waals surface area contributed by atoms with Crippen molar-refractivity contribution in [3.8, 4) is 0 Å². The van der Waals surface area contributed by atoms with Crippen LogP contribution in [-0.4, -0.2) is 70.4 Å². The number of unbranched alkanes of at least 4 members (excludes halogenated alkanes) is 3. The molecule has 0 aromatic rings. The number of aliphatic hydroxyl groups excluding tert-OH is 4. The second-order valence-corrected chi connectivity index (χ2v) is 4.85. The molecule has 0 spiro atoms. The third-order valence-electron chi connectivity index (χ3n) is 2.94. The van der Waals surface area contributed by atoms with Crippen LogP contribution < -0.4 is 0 Å². The average molecular weight is 275 g/mol. The van der Waals surface area contributed by atoms with Crippen LogP contribution in [0.4, 0.5) is 0 Å². The van der Waals surface area contributed by atoms with Crippen LogP contribution in [-0.2, 0) is 0 Å². The van der Waals surface area contributed by atoms with Gasteiger partial charge in [0.05, 0.1) is 25.4 Å². The van der Waals surface area contributed by atoms with Crippen LogP contribution in [0.15, 0.2) is 12.2 Å². The van der Waals surface area contributed by atoms with Crippen molar-refractivity contribution in [3.05, 3.63) is 12.2 Å². The Morgan fingerprint density at radius 1 is 0.947 bits per heavy atom. The third-order valence-corrected chi connectivity index (χ3v) is 2.94. The minimum atomic E-state index is -0.797. The van der Waals surface area contributed by atoms with Gasteiger partial charge in [0.1, 0.15) is 0 Å². The Kier molecular flexibility index (Phi) is 12.3. The number of rotatable bonds is 12. The van der Waals surface area contributed by atoms with E-state index in [1.54, 1.807) is 0 Å². The summed E-state index contributed by atoms with van der Waals surface area (Å²) in [5, 5.41) is 36.6. The SMILES string of the molecule is C/C=C/CCCCCN(CC(O)CO)CC(O)CO. The van der Waals surface area contributed by atoms with Crippen molar-refractivity contribution in [2.75, 3.05) is 32.8 Å². The predicted molar refractivity (Wildman–Crippen MR) is 75.9 cm³/mol. The van der Waals surface area contributed by atoms with Crippen molar-refractivity contribution in [1.29, 1.82) is 0 Å². The molecule has 0 aliphatic heterocycles. The van der Waals surface area contributed by atoms with E-state index in [0.717, 1.165) is 32.2 Å². The number of hydrogen-bond donors (Lipinski definition) is 4. The summed E-state index contributed by atoms with van der Waals surface area (Å²) in [5.41, 5.74) is 0. The summed E-state index contributed by atoms with van der Waals surface area (Å²) in [6.45, 7) is 2.84. The molecular formula is C14H29NO4. The Hall–Kier alpha value is -0.460. The van der Waals surface area contributed by atoms with Crippen molar-refractivity contribution < 1.29 is 20.4 Å². The summed E-state index contributed by atoms with van der Waals surface area (Å²) >= 11 is 0. The van der Waals surface area contributed by atoms with Gasteiger partial charge in [-0.2, -0.15) is 0 Å². The molecule has 5 heteroatoms. The quantitative estimate of drug-likeness (QED) is 0.301. The summed E-state index contributed by atoms with van der Waals surface area (Å²) in [6, 6.07) is 0. The molecule has 0 fully saturated rings. The molecule has 19 heavy (non-hydrogen) atoms. The monoisotopic (exact) mass is 275 g/mol. The molecule has 0 amide bonds. The molecule has 0 aliphatic carbocycles. The molecule has 4 N–H and O–H groups in total. The van der Waals surface area contributed by atoms with Crippen LogP contribution in [0.5, 0.6) is 0 Å².